The van der Waals surface area contributed by atoms with Crippen LogP contribution in [-0.2, 0) is 21.3 Å². The topological polar surface area (TPSA) is 92.7 Å². The van der Waals surface area contributed by atoms with E-state index in [1.807, 2.05) is 0 Å². The zero-order valence-corrected chi connectivity index (χ0v) is 17.1. The summed E-state index contributed by atoms with van der Waals surface area (Å²) in [6.07, 6.45) is -4.49. The van der Waals surface area contributed by atoms with Crippen LogP contribution in [0.2, 0.25) is 0 Å². The molecule has 1 heterocycles. The maximum atomic E-state index is 13.3. The average Bonchev–Trinajstić information content (AvgIpc) is 3.02. The zero-order valence-electron chi connectivity index (χ0n) is 17.1. The minimum absolute atomic E-state index is 0.0435. The third kappa shape index (κ3) is 3.66. The molecule has 4 rings (SSSR count). The van der Waals surface area contributed by atoms with E-state index in [4.69, 9.17) is 4.74 Å². The maximum Gasteiger partial charge on any atom is 0.417 e. The molecule has 0 atom stereocenters. The SMILES string of the molecule is CC(=O)c1ccc(NC(=O)[C@]2(O)CC[C@@]3(CC2)OC(=O)c2ccccc23)cc1C(F)(F)F. The Morgan fingerprint density at radius 1 is 1.06 bits per heavy atom. The summed E-state index contributed by atoms with van der Waals surface area (Å²) >= 11 is 0. The molecule has 32 heavy (non-hydrogen) atoms. The van der Waals surface area contributed by atoms with Crippen LogP contribution in [0.1, 0.15) is 64.4 Å². The Kier molecular flexibility index (Phi) is 5.12. The van der Waals surface area contributed by atoms with Gasteiger partial charge in [-0.15, -0.1) is 0 Å². The summed E-state index contributed by atoms with van der Waals surface area (Å²) in [5.74, 6) is -2.06. The molecule has 0 bridgehead atoms. The van der Waals surface area contributed by atoms with Gasteiger partial charge in [-0.05, 0) is 56.9 Å². The Morgan fingerprint density at radius 3 is 2.34 bits per heavy atom. The molecule has 0 radical (unpaired) electrons. The molecule has 1 amide bonds. The van der Waals surface area contributed by atoms with Crippen molar-refractivity contribution < 1.29 is 37.4 Å². The van der Waals surface area contributed by atoms with E-state index < -0.39 is 46.2 Å². The number of benzene rings is 2. The van der Waals surface area contributed by atoms with Gasteiger partial charge in [-0.25, -0.2) is 4.79 Å². The van der Waals surface area contributed by atoms with E-state index in [0.717, 1.165) is 13.0 Å². The molecule has 168 valence electrons. The number of nitrogens with one attached hydrogen (secondary N) is 1. The van der Waals surface area contributed by atoms with Gasteiger partial charge < -0.3 is 15.2 Å². The van der Waals surface area contributed by atoms with Gasteiger partial charge in [0.25, 0.3) is 5.91 Å². The number of carbonyl (C=O) groups excluding carboxylic acids is 3. The van der Waals surface area contributed by atoms with E-state index in [9.17, 15) is 32.7 Å². The highest BCUT2D eigenvalue weighted by molar-refractivity contribution is 6.00. The summed E-state index contributed by atoms with van der Waals surface area (Å²) in [4.78, 5) is 36.5. The average molecular weight is 447 g/mol. The molecule has 1 fully saturated rings. The highest BCUT2D eigenvalue weighted by atomic mass is 19.4. The van der Waals surface area contributed by atoms with E-state index in [1.165, 1.54) is 6.07 Å². The quantitative estimate of drug-likeness (QED) is 0.543. The van der Waals surface area contributed by atoms with E-state index >= 15 is 0 Å². The first-order valence-electron chi connectivity index (χ1n) is 10.0. The number of alkyl halides is 3. The fourth-order valence-electron chi connectivity index (χ4n) is 4.42. The van der Waals surface area contributed by atoms with Crippen molar-refractivity contribution in [3.8, 4) is 0 Å². The summed E-state index contributed by atoms with van der Waals surface area (Å²) in [6, 6.07) is 9.79. The van der Waals surface area contributed by atoms with Crippen LogP contribution in [0.4, 0.5) is 18.9 Å². The van der Waals surface area contributed by atoms with E-state index in [1.54, 1.807) is 24.3 Å². The predicted octanol–water partition coefficient (Wildman–Crippen LogP) is 4.22. The molecule has 2 N–H and O–H groups in total. The van der Waals surface area contributed by atoms with Crippen molar-refractivity contribution in [3.63, 3.8) is 0 Å². The molecule has 1 spiro atoms. The third-order valence-electron chi connectivity index (χ3n) is 6.20. The Balaban J connectivity index is 1.52. The molecule has 1 aliphatic heterocycles. The standard InChI is InChI=1S/C23H20F3NO5/c1-13(28)15-7-6-14(12-18(15)23(24,25)26)27-20(30)21(31)8-10-22(11-9-21)17-5-3-2-4-16(17)19(29)32-22/h2-7,12,31H,8-11H2,1H3,(H,27,30)/t21-,22-. The zero-order chi connectivity index (χ0) is 23.3. The molecule has 0 unspecified atom stereocenters. The highest BCUT2D eigenvalue weighted by Crippen LogP contribution is 2.49. The molecule has 1 saturated carbocycles. The monoisotopic (exact) mass is 447 g/mol. The lowest BCUT2D eigenvalue weighted by Crippen LogP contribution is -2.49. The normalized spacial score (nSPS) is 24.7. The van der Waals surface area contributed by atoms with Crippen molar-refractivity contribution in [1.82, 2.24) is 0 Å². The number of hydrogen-bond acceptors (Lipinski definition) is 5. The second kappa shape index (κ2) is 7.44. The Bertz CT molecular complexity index is 1120. The largest absolute Gasteiger partial charge is 0.451 e. The first-order valence-corrected chi connectivity index (χ1v) is 10.0. The number of halogens is 3. The molecule has 2 aromatic carbocycles. The molecule has 6 nitrogen and oxygen atoms in total. The number of fused-ring (bicyclic) bond motifs is 2. The first kappa shape index (κ1) is 22.0. The van der Waals surface area contributed by atoms with Gasteiger partial charge in [0, 0.05) is 16.8 Å². The van der Waals surface area contributed by atoms with E-state index in [-0.39, 0.29) is 31.4 Å². The summed E-state index contributed by atoms with van der Waals surface area (Å²) in [6.45, 7) is 1.03. The minimum atomic E-state index is -4.78. The number of anilines is 1. The van der Waals surface area contributed by atoms with Crippen molar-refractivity contribution in [3.05, 3.63) is 64.7 Å². The van der Waals surface area contributed by atoms with E-state index in [0.29, 0.717) is 17.2 Å². The van der Waals surface area contributed by atoms with Gasteiger partial charge in [-0.3, -0.25) is 9.59 Å². The van der Waals surface area contributed by atoms with Gasteiger partial charge in [-0.2, -0.15) is 13.2 Å². The number of hydrogen-bond donors (Lipinski definition) is 2. The van der Waals surface area contributed by atoms with Gasteiger partial charge >= 0.3 is 12.1 Å². The maximum absolute atomic E-state index is 13.3. The van der Waals surface area contributed by atoms with Crippen molar-refractivity contribution in [1.29, 1.82) is 0 Å². The predicted molar refractivity (Wildman–Crippen MR) is 107 cm³/mol. The fraction of sp³-hybridized carbons (Fsp3) is 0.348. The molecular weight excluding hydrogens is 427 g/mol. The van der Waals surface area contributed by atoms with Crippen molar-refractivity contribution in [2.75, 3.05) is 5.32 Å². The van der Waals surface area contributed by atoms with Crippen LogP contribution < -0.4 is 5.32 Å². The van der Waals surface area contributed by atoms with Crippen molar-refractivity contribution in [2.45, 2.75) is 50.0 Å². The number of esters is 1. The summed E-state index contributed by atoms with van der Waals surface area (Å²) in [7, 11) is 0. The molecule has 9 heteroatoms. The Labute approximate surface area is 181 Å². The highest BCUT2D eigenvalue weighted by Gasteiger charge is 2.52. The lowest BCUT2D eigenvalue weighted by atomic mass is 9.72. The molecule has 2 aromatic rings. The second-order valence-electron chi connectivity index (χ2n) is 8.23. The van der Waals surface area contributed by atoms with Gasteiger partial charge in [-0.1, -0.05) is 18.2 Å². The molecule has 0 aromatic heterocycles. The minimum Gasteiger partial charge on any atom is -0.451 e. The molecular formula is C23H20F3NO5. The number of carbonyl (C=O) groups is 3. The lowest BCUT2D eigenvalue weighted by molar-refractivity contribution is -0.144. The van der Waals surface area contributed by atoms with E-state index in [2.05, 4.69) is 5.32 Å². The third-order valence-corrected chi connectivity index (χ3v) is 6.20. The molecule has 0 saturated heterocycles. The van der Waals surface area contributed by atoms with Crippen LogP contribution in [0.3, 0.4) is 0 Å². The number of ketones is 1. The number of ether oxygens (including phenoxy) is 1. The lowest BCUT2D eigenvalue weighted by Gasteiger charge is -2.40. The van der Waals surface area contributed by atoms with Crippen LogP contribution in [0.15, 0.2) is 42.5 Å². The van der Waals surface area contributed by atoms with Crippen LogP contribution in [-0.4, -0.2) is 28.4 Å². The smallest absolute Gasteiger partial charge is 0.417 e. The molecule has 1 aliphatic carbocycles. The summed E-state index contributed by atoms with van der Waals surface area (Å²) in [5.41, 5.74) is -3.45. The second-order valence-corrected chi connectivity index (χ2v) is 8.23. The first-order chi connectivity index (χ1) is 15.0. The van der Waals surface area contributed by atoms with Crippen LogP contribution in [0.25, 0.3) is 0 Å². The molecule has 2 aliphatic rings. The Hall–Kier alpha value is -3.20. The Morgan fingerprint density at radius 2 is 1.72 bits per heavy atom. The fourth-order valence-corrected chi connectivity index (χ4v) is 4.42. The van der Waals surface area contributed by atoms with Gasteiger partial charge in [0.2, 0.25) is 0 Å². The van der Waals surface area contributed by atoms with Crippen molar-refractivity contribution in [2.24, 2.45) is 0 Å². The number of Topliss-reactive ketones (excluding diaryl/α,β-unsaturated/α-hetero) is 1. The number of amides is 1. The van der Waals surface area contributed by atoms with Crippen LogP contribution in [0, 0.1) is 0 Å². The van der Waals surface area contributed by atoms with Gasteiger partial charge in [0.1, 0.15) is 11.2 Å². The number of rotatable bonds is 3. The van der Waals surface area contributed by atoms with Crippen LogP contribution >= 0.6 is 0 Å². The van der Waals surface area contributed by atoms with Gasteiger partial charge in [0.15, 0.2) is 5.78 Å². The van der Waals surface area contributed by atoms with Crippen LogP contribution in [0.5, 0.6) is 0 Å². The summed E-state index contributed by atoms with van der Waals surface area (Å²) in [5, 5.41) is 13.2. The van der Waals surface area contributed by atoms with Gasteiger partial charge in [0.05, 0.1) is 11.1 Å². The van der Waals surface area contributed by atoms with Crippen molar-refractivity contribution >= 4 is 23.3 Å². The number of aliphatic hydroxyl groups is 1. The summed E-state index contributed by atoms with van der Waals surface area (Å²) < 4.78 is 45.6.